The minimum absolute atomic E-state index is 0.0571. The van der Waals surface area contributed by atoms with E-state index in [0.29, 0.717) is 17.1 Å². The second-order valence-corrected chi connectivity index (χ2v) is 6.85. The number of hydrogen-bond donors (Lipinski definition) is 2. The number of aromatic nitrogens is 3. The number of carbonyl (C=O) groups excluding carboxylic acids is 1. The van der Waals surface area contributed by atoms with Crippen molar-refractivity contribution in [1.82, 2.24) is 25.0 Å². The van der Waals surface area contributed by atoms with Gasteiger partial charge in [-0.25, -0.2) is 0 Å². The van der Waals surface area contributed by atoms with Crippen molar-refractivity contribution in [3.05, 3.63) is 34.6 Å². The Morgan fingerprint density at radius 1 is 1.38 bits per heavy atom. The van der Waals surface area contributed by atoms with Crippen LogP contribution >= 0.6 is 12.2 Å². The summed E-state index contributed by atoms with van der Waals surface area (Å²) < 4.78 is 7.52. The fourth-order valence-electron chi connectivity index (χ4n) is 3.02. The van der Waals surface area contributed by atoms with E-state index in [1.54, 1.807) is 4.57 Å². The van der Waals surface area contributed by atoms with Crippen LogP contribution in [0.5, 0.6) is 0 Å². The zero-order valence-corrected chi connectivity index (χ0v) is 15.8. The molecule has 7 nitrogen and oxygen atoms in total. The molecule has 0 saturated carbocycles. The van der Waals surface area contributed by atoms with Gasteiger partial charge in [0.1, 0.15) is 6.54 Å². The number of aryl methyl sites for hydroxylation is 1. The number of nitrogens with zero attached hydrogens (tertiary/aromatic N) is 3. The van der Waals surface area contributed by atoms with Gasteiger partial charge in [0.05, 0.1) is 13.2 Å². The Morgan fingerprint density at radius 3 is 2.96 bits per heavy atom. The van der Waals surface area contributed by atoms with Crippen LogP contribution in [-0.4, -0.2) is 65.0 Å². The van der Waals surface area contributed by atoms with E-state index in [9.17, 15) is 4.79 Å². The van der Waals surface area contributed by atoms with Crippen LogP contribution in [0.1, 0.15) is 12.0 Å². The highest BCUT2D eigenvalue weighted by Gasteiger charge is 2.13. The molecule has 1 aromatic heterocycles. The molecular formula is C18H25N5O2S. The molecule has 0 unspecified atom stereocenters. The number of ether oxygens (including phenoxy) is 1. The van der Waals surface area contributed by atoms with E-state index in [1.807, 2.05) is 31.2 Å². The van der Waals surface area contributed by atoms with Gasteiger partial charge in [-0.05, 0) is 38.2 Å². The fraction of sp³-hybridized carbons (Fsp3) is 0.500. The van der Waals surface area contributed by atoms with Gasteiger partial charge in [-0.3, -0.25) is 19.4 Å². The van der Waals surface area contributed by atoms with Gasteiger partial charge in [0.2, 0.25) is 5.91 Å². The van der Waals surface area contributed by atoms with Crippen molar-refractivity contribution in [2.24, 2.45) is 0 Å². The molecule has 0 aliphatic carbocycles. The van der Waals surface area contributed by atoms with Crippen molar-refractivity contribution >= 4 is 18.1 Å². The number of morpholine rings is 1. The molecule has 1 amide bonds. The second kappa shape index (κ2) is 9.07. The van der Waals surface area contributed by atoms with E-state index in [-0.39, 0.29) is 12.5 Å². The molecule has 1 aliphatic rings. The highest BCUT2D eigenvalue weighted by molar-refractivity contribution is 7.71. The van der Waals surface area contributed by atoms with Crippen molar-refractivity contribution in [2.45, 2.75) is 19.9 Å². The molecule has 0 radical (unpaired) electrons. The molecule has 3 rings (SSSR count). The Bertz CT molecular complexity index is 795. The fourth-order valence-corrected chi connectivity index (χ4v) is 3.22. The smallest absolute Gasteiger partial charge is 0.240 e. The molecule has 1 aromatic carbocycles. The molecule has 26 heavy (non-hydrogen) atoms. The van der Waals surface area contributed by atoms with Crippen molar-refractivity contribution in [3.8, 4) is 11.4 Å². The molecule has 140 valence electrons. The Kier molecular flexibility index (Phi) is 6.54. The van der Waals surface area contributed by atoms with Crippen LogP contribution in [0.4, 0.5) is 0 Å². The number of benzene rings is 1. The van der Waals surface area contributed by atoms with Gasteiger partial charge in [-0.15, -0.1) is 0 Å². The lowest BCUT2D eigenvalue weighted by molar-refractivity contribution is -0.121. The lowest BCUT2D eigenvalue weighted by atomic mass is 10.1. The third kappa shape index (κ3) is 5.00. The number of H-pyrrole nitrogens is 1. The van der Waals surface area contributed by atoms with E-state index in [4.69, 9.17) is 17.0 Å². The number of rotatable bonds is 7. The van der Waals surface area contributed by atoms with Crippen molar-refractivity contribution in [1.29, 1.82) is 0 Å². The van der Waals surface area contributed by atoms with Gasteiger partial charge in [-0.1, -0.05) is 23.8 Å². The topological polar surface area (TPSA) is 75.2 Å². The average Bonchev–Trinajstić information content (AvgIpc) is 3.00. The second-order valence-electron chi connectivity index (χ2n) is 6.47. The standard InChI is InChI=1S/C18H25N5O2S/c1-14-4-2-5-15(12-14)17-20-21-18(26)23(17)13-16(24)19-6-3-7-22-8-10-25-11-9-22/h2,4-5,12H,3,6-11,13H2,1H3,(H,19,24)(H,21,26). The molecule has 2 heterocycles. The average molecular weight is 375 g/mol. The highest BCUT2D eigenvalue weighted by Crippen LogP contribution is 2.18. The maximum atomic E-state index is 12.3. The summed E-state index contributed by atoms with van der Waals surface area (Å²) in [6.45, 7) is 7.35. The van der Waals surface area contributed by atoms with Crippen LogP contribution in [0.15, 0.2) is 24.3 Å². The van der Waals surface area contributed by atoms with E-state index in [0.717, 1.165) is 50.4 Å². The largest absolute Gasteiger partial charge is 0.379 e. The Morgan fingerprint density at radius 2 is 2.19 bits per heavy atom. The zero-order valence-electron chi connectivity index (χ0n) is 15.0. The quantitative estimate of drug-likeness (QED) is 0.570. The van der Waals surface area contributed by atoms with Gasteiger partial charge in [0.25, 0.3) is 0 Å². The minimum Gasteiger partial charge on any atom is -0.379 e. The van der Waals surface area contributed by atoms with Crippen LogP contribution in [0.25, 0.3) is 11.4 Å². The number of carbonyl (C=O) groups is 1. The summed E-state index contributed by atoms with van der Waals surface area (Å²) in [5.41, 5.74) is 2.08. The number of aromatic amines is 1. The van der Waals surface area contributed by atoms with Crippen molar-refractivity contribution in [3.63, 3.8) is 0 Å². The van der Waals surface area contributed by atoms with Crippen LogP contribution in [-0.2, 0) is 16.1 Å². The van der Waals surface area contributed by atoms with Gasteiger partial charge in [-0.2, -0.15) is 5.10 Å². The summed E-state index contributed by atoms with van der Waals surface area (Å²) in [6, 6.07) is 7.99. The van der Waals surface area contributed by atoms with E-state index in [2.05, 4.69) is 20.4 Å². The summed E-state index contributed by atoms with van der Waals surface area (Å²) in [5.74, 6) is 0.626. The van der Waals surface area contributed by atoms with E-state index in [1.165, 1.54) is 0 Å². The lowest BCUT2D eigenvalue weighted by Gasteiger charge is -2.26. The normalized spacial score (nSPS) is 15.1. The van der Waals surface area contributed by atoms with Gasteiger partial charge >= 0.3 is 0 Å². The summed E-state index contributed by atoms with van der Waals surface area (Å²) in [7, 11) is 0. The molecule has 8 heteroatoms. The predicted octanol–water partition coefficient (Wildman–Crippen LogP) is 1.75. The van der Waals surface area contributed by atoms with Gasteiger partial charge < -0.3 is 10.1 Å². The van der Waals surface area contributed by atoms with Crippen LogP contribution in [0, 0.1) is 11.7 Å². The monoisotopic (exact) mass is 375 g/mol. The molecule has 0 bridgehead atoms. The molecule has 1 aliphatic heterocycles. The third-order valence-electron chi connectivity index (χ3n) is 4.41. The molecule has 1 fully saturated rings. The molecule has 0 atom stereocenters. The Balaban J connectivity index is 1.53. The molecule has 2 aromatic rings. The van der Waals surface area contributed by atoms with E-state index < -0.39 is 0 Å². The highest BCUT2D eigenvalue weighted by atomic mass is 32.1. The maximum Gasteiger partial charge on any atom is 0.240 e. The Hall–Kier alpha value is -2.03. The number of hydrogen-bond acceptors (Lipinski definition) is 5. The van der Waals surface area contributed by atoms with E-state index >= 15 is 0 Å². The molecular weight excluding hydrogens is 350 g/mol. The summed E-state index contributed by atoms with van der Waals surface area (Å²) in [4.78, 5) is 14.7. The van der Waals surface area contributed by atoms with Crippen LogP contribution < -0.4 is 5.32 Å². The summed E-state index contributed by atoms with van der Waals surface area (Å²) in [6.07, 6.45) is 0.924. The first-order valence-electron chi connectivity index (χ1n) is 8.92. The number of amides is 1. The first-order chi connectivity index (χ1) is 12.6. The molecule has 1 saturated heterocycles. The van der Waals surface area contributed by atoms with Crippen LogP contribution in [0.2, 0.25) is 0 Å². The predicted molar refractivity (Wildman–Crippen MR) is 102 cm³/mol. The Labute approximate surface area is 158 Å². The van der Waals surface area contributed by atoms with Gasteiger partial charge in [0.15, 0.2) is 10.6 Å². The van der Waals surface area contributed by atoms with Crippen LogP contribution in [0.3, 0.4) is 0 Å². The molecule has 2 N–H and O–H groups in total. The first-order valence-corrected chi connectivity index (χ1v) is 9.33. The zero-order chi connectivity index (χ0) is 18.4. The third-order valence-corrected chi connectivity index (χ3v) is 4.72. The summed E-state index contributed by atoms with van der Waals surface area (Å²) >= 11 is 5.29. The van der Waals surface area contributed by atoms with Crippen molar-refractivity contribution in [2.75, 3.05) is 39.4 Å². The molecule has 0 spiro atoms. The summed E-state index contributed by atoms with van der Waals surface area (Å²) in [5, 5.41) is 10.0. The van der Waals surface area contributed by atoms with Gasteiger partial charge in [0, 0.05) is 25.2 Å². The maximum absolute atomic E-state index is 12.3. The lowest BCUT2D eigenvalue weighted by Crippen LogP contribution is -2.38. The first kappa shape index (κ1) is 18.8. The SMILES string of the molecule is Cc1cccc(-c2n[nH]c(=S)n2CC(=O)NCCCN2CCOCC2)c1. The minimum atomic E-state index is -0.0571. The van der Waals surface area contributed by atoms with Crippen molar-refractivity contribution < 1.29 is 9.53 Å². The number of nitrogens with one attached hydrogen (secondary N) is 2.